The minimum atomic E-state index is -0.412. The molecule has 3 aromatic heterocycles. The molecule has 200 valence electrons. The zero-order valence-electron chi connectivity index (χ0n) is 21.6. The summed E-state index contributed by atoms with van der Waals surface area (Å²) in [6, 6.07) is 10.7. The number of benzene rings is 1. The largest absolute Gasteiger partial charge is 0.377 e. The maximum Gasteiger partial charge on any atom is 0.324 e. The van der Waals surface area contributed by atoms with E-state index in [4.69, 9.17) is 19.2 Å². The lowest BCUT2D eigenvalue weighted by molar-refractivity contribution is 0.0924. The molecule has 0 spiro atoms. The number of carbonyl (C=O) groups excluding carboxylic acids is 1. The lowest BCUT2D eigenvalue weighted by Gasteiger charge is -2.39. The van der Waals surface area contributed by atoms with Crippen LogP contribution in [0.5, 0.6) is 0 Å². The van der Waals surface area contributed by atoms with E-state index in [2.05, 4.69) is 42.5 Å². The molecule has 1 fully saturated rings. The molecule has 4 aromatic rings. The van der Waals surface area contributed by atoms with Crippen molar-refractivity contribution in [1.82, 2.24) is 25.1 Å². The molecule has 12 nitrogen and oxygen atoms in total. The van der Waals surface area contributed by atoms with E-state index in [-0.39, 0.29) is 6.04 Å². The van der Waals surface area contributed by atoms with Crippen molar-refractivity contribution >= 4 is 29.3 Å². The normalized spacial score (nSPS) is 17.0. The molecule has 0 aliphatic carbocycles. The van der Waals surface area contributed by atoms with Gasteiger partial charge < -0.3 is 24.4 Å². The number of anilines is 4. The smallest absolute Gasteiger partial charge is 0.324 e. The Kier molecular flexibility index (Phi) is 7.00. The maximum atomic E-state index is 12.3. The van der Waals surface area contributed by atoms with Crippen molar-refractivity contribution in [2.24, 2.45) is 0 Å². The molecule has 0 saturated carbocycles. The van der Waals surface area contributed by atoms with Crippen LogP contribution in [0.15, 0.2) is 59.6 Å². The molecule has 1 saturated heterocycles. The molecular weight excluding hydrogens is 498 g/mol. The number of hydrogen-bond donors (Lipinski definition) is 2. The van der Waals surface area contributed by atoms with E-state index < -0.39 is 6.03 Å². The van der Waals surface area contributed by atoms with E-state index in [1.54, 1.807) is 18.5 Å². The summed E-state index contributed by atoms with van der Waals surface area (Å²) in [7, 11) is 0. The summed E-state index contributed by atoms with van der Waals surface area (Å²) in [5.74, 6) is 2.65. The van der Waals surface area contributed by atoms with Gasteiger partial charge in [-0.1, -0.05) is 12.1 Å². The molecule has 39 heavy (non-hydrogen) atoms. The monoisotopic (exact) mass is 527 g/mol. The van der Waals surface area contributed by atoms with Crippen LogP contribution in [-0.2, 0) is 17.7 Å². The Balaban J connectivity index is 1.30. The van der Waals surface area contributed by atoms with Crippen LogP contribution in [0.25, 0.3) is 11.4 Å². The van der Waals surface area contributed by atoms with Gasteiger partial charge in [0.2, 0.25) is 5.95 Å². The van der Waals surface area contributed by atoms with E-state index in [0.717, 1.165) is 43.0 Å². The first kappa shape index (κ1) is 24.7. The first-order valence-corrected chi connectivity index (χ1v) is 13.0. The predicted molar refractivity (Wildman–Crippen MR) is 146 cm³/mol. The van der Waals surface area contributed by atoms with Crippen LogP contribution in [0.2, 0.25) is 0 Å². The number of amides is 2. The zero-order chi connectivity index (χ0) is 26.6. The quantitative estimate of drug-likeness (QED) is 0.382. The van der Waals surface area contributed by atoms with Gasteiger partial charge in [-0.25, -0.2) is 24.7 Å². The van der Waals surface area contributed by atoms with Crippen molar-refractivity contribution in [2.75, 3.05) is 46.7 Å². The predicted octanol–water partition coefficient (Wildman–Crippen LogP) is 3.74. The highest BCUT2D eigenvalue weighted by Crippen LogP contribution is 2.33. The van der Waals surface area contributed by atoms with Crippen molar-refractivity contribution in [1.29, 1.82) is 0 Å². The Labute approximate surface area is 225 Å². The van der Waals surface area contributed by atoms with Crippen LogP contribution in [0, 0.1) is 0 Å². The third-order valence-electron chi connectivity index (χ3n) is 6.93. The first-order valence-electron chi connectivity index (χ1n) is 13.0. The molecule has 6 rings (SSSR count). The van der Waals surface area contributed by atoms with Crippen LogP contribution < -0.4 is 20.4 Å². The SMILES string of the molecule is CC[C@H]1COCCN1c1nc(-c2ccc(NC(=O)Nc3ccon3)cc2)nc2c1CCN(c1ncccn1)C2. The number of hydrogen-bond acceptors (Lipinski definition) is 10. The topological polar surface area (TPSA) is 134 Å². The summed E-state index contributed by atoms with van der Waals surface area (Å²) in [5.41, 5.74) is 3.64. The van der Waals surface area contributed by atoms with E-state index in [9.17, 15) is 4.79 Å². The van der Waals surface area contributed by atoms with Crippen LogP contribution in [0.4, 0.5) is 28.1 Å². The van der Waals surface area contributed by atoms with Gasteiger partial charge in [-0.15, -0.1) is 0 Å². The van der Waals surface area contributed by atoms with Gasteiger partial charge in [-0.3, -0.25) is 5.32 Å². The molecule has 2 aliphatic rings. The molecule has 2 aliphatic heterocycles. The van der Waals surface area contributed by atoms with E-state index in [1.165, 1.54) is 11.8 Å². The van der Waals surface area contributed by atoms with Crippen molar-refractivity contribution in [3.8, 4) is 11.4 Å². The van der Waals surface area contributed by atoms with Gasteiger partial charge in [0.1, 0.15) is 12.1 Å². The molecule has 1 atom stereocenters. The minimum Gasteiger partial charge on any atom is -0.377 e. The number of ether oxygens (including phenoxy) is 1. The molecule has 12 heteroatoms. The lowest BCUT2D eigenvalue weighted by Crippen LogP contribution is -2.47. The molecule has 5 heterocycles. The van der Waals surface area contributed by atoms with E-state index in [1.807, 2.05) is 30.3 Å². The van der Waals surface area contributed by atoms with Crippen molar-refractivity contribution in [2.45, 2.75) is 32.4 Å². The molecule has 0 unspecified atom stereocenters. The highest BCUT2D eigenvalue weighted by Gasteiger charge is 2.30. The third-order valence-corrected chi connectivity index (χ3v) is 6.93. The number of rotatable bonds is 6. The lowest BCUT2D eigenvalue weighted by atomic mass is 10.0. The van der Waals surface area contributed by atoms with Crippen molar-refractivity contribution in [3.05, 3.63) is 66.3 Å². The number of nitrogens with one attached hydrogen (secondary N) is 2. The Bertz CT molecular complexity index is 1410. The number of fused-ring (bicyclic) bond motifs is 1. The summed E-state index contributed by atoms with van der Waals surface area (Å²) in [5, 5.41) is 9.09. The number of nitrogens with zero attached hydrogens (tertiary/aromatic N) is 7. The second kappa shape index (κ2) is 11.0. The molecule has 2 N–H and O–H groups in total. The Morgan fingerprint density at radius 1 is 1.08 bits per heavy atom. The van der Waals surface area contributed by atoms with Gasteiger partial charge in [0.05, 0.1) is 31.5 Å². The standard InChI is InChI=1S/C27H29N9O3/c1-2-20-17-38-15-13-36(20)25-21-8-12-35(26-28-10-3-11-29-26)16-22(21)31-24(33-25)18-4-6-19(7-5-18)30-27(37)32-23-9-14-39-34-23/h3-7,9-11,14,20H,2,8,12-13,15-17H2,1H3,(H2,30,32,34,37)/t20-/m0/s1. The number of aromatic nitrogens is 5. The van der Waals surface area contributed by atoms with Gasteiger partial charge >= 0.3 is 6.03 Å². The van der Waals surface area contributed by atoms with Gasteiger partial charge in [-0.05, 0) is 43.2 Å². The minimum absolute atomic E-state index is 0.260. The summed E-state index contributed by atoms with van der Waals surface area (Å²) in [6.07, 6.45) is 6.68. The molecular formula is C27H29N9O3. The average molecular weight is 528 g/mol. The maximum absolute atomic E-state index is 12.3. The number of carbonyl (C=O) groups is 1. The van der Waals surface area contributed by atoms with Gasteiger partial charge in [0.15, 0.2) is 11.6 Å². The van der Waals surface area contributed by atoms with Crippen molar-refractivity contribution < 1.29 is 14.1 Å². The van der Waals surface area contributed by atoms with Crippen LogP contribution in [0.1, 0.15) is 24.6 Å². The summed E-state index contributed by atoms with van der Waals surface area (Å²) >= 11 is 0. The van der Waals surface area contributed by atoms with Crippen LogP contribution in [-0.4, -0.2) is 63.5 Å². The molecule has 0 radical (unpaired) electrons. The molecule has 1 aromatic carbocycles. The van der Waals surface area contributed by atoms with Crippen LogP contribution >= 0.6 is 0 Å². The average Bonchev–Trinajstić information content (AvgIpc) is 3.50. The van der Waals surface area contributed by atoms with E-state index in [0.29, 0.717) is 43.0 Å². The fraction of sp³-hybridized carbons (Fsp3) is 0.333. The fourth-order valence-electron chi connectivity index (χ4n) is 4.93. The molecule has 2 amide bonds. The van der Waals surface area contributed by atoms with Crippen molar-refractivity contribution in [3.63, 3.8) is 0 Å². The highest BCUT2D eigenvalue weighted by atomic mass is 16.5. The van der Waals surface area contributed by atoms with E-state index >= 15 is 0 Å². The summed E-state index contributed by atoms with van der Waals surface area (Å²) in [4.78, 5) is 35.8. The number of urea groups is 1. The summed E-state index contributed by atoms with van der Waals surface area (Å²) in [6.45, 7) is 5.72. The third kappa shape index (κ3) is 5.36. The van der Waals surface area contributed by atoms with Crippen LogP contribution in [0.3, 0.4) is 0 Å². The Hall–Kier alpha value is -4.58. The van der Waals surface area contributed by atoms with Gasteiger partial charge in [0.25, 0.3) is 0 Å². The molecule has 0 bridgehead atoms. The van der Waals surface area contributed by atoms with Gasteiger partial charge in [-0.2, -0.15) is 0 Å². The summed E-state index contributed by atoms with van der Waals surface area (Å²) < 4.78 is 10.5. The second-order valence-electron chi connectivity index (χ2n) is 9.39. The highest BCUT2D eigenvalue weighted by molar-refractivity contribution is 5.99. The second-order valence-corrected chi connectivity index (χ2v) is 9.39. The first-order chi connectivity index (χ1) is 19.2. The Morgan fingerprint density at radius 3 is 2.69 bits per heavy atom. The Morgan fingerprint density at radius 2 is 1.92 bits per heavy atom. The van der Waals surface area contributed by atoms with Gasteiger partial charge in [0, 0.05) is 48.4 Å². The number of morpholine rings is 1. The zero-order valence-corrected chi connectivity index (χ0v) is 21.6. The fourth-order valence-corrected chi connectivity index (χ4v) is 4.93.